The smallest absolute Gasteiger partial charge is 0.377 e. The number of cyclic esters (lactones) is 1. The molecule has 0 amide bonds. The lowest BCUT2D eigenvalue weighted by molar-refractivity contribution is -0.161. The van der Waals surface area contributed by atoms with E-state index < -0.39 is 48.8 Å². The molecule has 8 heteroatoms. The molecule has 0 aromatic rings. The van der Waals surface area contributed by atoms with Gasteiger partial charge in [0.05, 0.1) is 0 Å². The number of carbonyl (C=O) groups is 2. The second-order valence-electron chi connectivity index (χ2n) is 10.4. The van der Waals surface area contributed by atoms with Gasteiger partial charge in [-0.2, -0.15) is 0 Å². The third kappa shape index (κ3) is 8.11. The standard InChI is InChI=1S/C25H46O7Si/c1-5-6-7-8-9-10-11-12-13-14-15-16-17-18-19(26)20(27)22(29)25(33(2,3)4)23(30)21(28)24(31)32-25/h20,22,27-30H,5-18H2,1-4H3/t20?,22-,25-/m0/s1. The minimum Gasteiger partial charge on any atom is -0.505 e. The zero-order valence-corrected chi connectivity index (χ0v) is 22.1. The monoisotopic (exact) mass is 486 g/mol. The SMILES string of the molecule is CCCCCCCCCCCCCCCC(=O)C(O)[C@H](O)[C@@]1([Si](C)(C)C)OC(=O)C(O)=C1O. The lowest BCUT2D eigenvalue weighted by Crippen LogP contribution is -2.65. The Kier molecular flexibility index (Phi) is 12.7. The molecule has 192 valence electrons. The zero-order valence-electron chi connectivity index (χ0n) is 21.1. The number of ether oxygens (including phenoxy) is 1. The summed E-state index contributed by atoms with van der Waals surface area (Å²) in [5.74, 6) is -3.50. The summed E-state index contributed by atoms with van der Waals surface area (Å²) in [6.07, 6.45) is 11.8. The lowest BCUT2D eigenvalue weighted by Gasteiger charge is -2.42. The second kappa shape index (κ2) is 14.1. The van der Waals surface area contributed by atoms with E-state index >= 15 is 0 Å². The highest BCUT2D eigenvalue weighted by atomic mass is 28.3. The minimum atomic E-state index is -2.74. The van der Waals surface area contributed by atoms with Gasteiger partial charge < -0.3 is 25.2 Å². The van der Waals surface area contributed by atoms with Gasteiger partial charge in [0.15, 0.2) is 16.8 Å². The van der Waals surface area contributed by atoms with Gasteiger partial charge >= 0.3 is 5.97 Å². The number of rotatable bonds is 18. The molecule has 0 spiro atoms. The molecule has 1 aliphatic rings. The van der Waals surface area contributed by atoms with Crippen molar-refractivity contribution in [2.45, 2.75) is 134 Å². The number of aliphatic hydroxyl groups is 4. The first kappa shape index (κ1) is 29.6. The topological polar surface area (TPSA) is 124 Å². The Morgan fingerprint density at radius 3 is 1.64 bits per heavy atom. The largest absolute Gasteiger partial charge is 0.505 e. The fourth-order valence-corrected chi connectivity index (χ4v) is 6.80. The molecule has 7 nitrogen and oxygen atoms in total. The van der Waals surface area contributed by atoms with Crippen LogP contribution in [0.15, 0.2) is 11.5 Å². The van der Waals surface area contributed by atoms with Crippen LogP contribution >= 0.6 is 0 Å². The van der Waals surface area contributed by atoms with Crippen molar-refractivity contribution in [1.29, 1.82) is 0 Å². The third-order valence-corrected chi connectivity index (χ3v) is 9.57. The van der Waals surface area contributed by atoms with Crippen LogP contribution < -0.4 is 0 Å². The van der Waals surface area contributed by atoms with Crippen LogP contribution in [-0.4, -0.2) is 57.7 Å². The van der Waals surface area contributed by atoms with Crippen molar-refractivity contribution in [3.63, 3.8) is 0 Å². The van der Waals surface area contributed by atoms with Crippen molar-refractivity contribution < 1.29 is 34.8 Å². The maximum absolute atomic E-state index is 12.5. The molecule has 4 N–H and O–H groups in total. The van der Waals surface area contributed by atoms with Crippen LogP contribution in [0.4, 0.5) is 0 Å². The summed E-state index contributed by atoms with van der Waals surface area (Å²) in [6, 6.07) is 0. The average molecular weight is 487 g/mol. The molecule has 0 aromatic heterocycles. The van der Waals surface area contributed by atoms with Gasteiger partial charge in [0, 0.05) is 6.42 Å². The molecule has 0 fully saturated rings. The third-order valence-electron chi connectivity index (χ3n) is 6.71. The fourth-order valence-electron chi connectivity index (χ4n) is 4.53. The first-order chi connectivity index (χ1) is 15.5. The number of unbranched alkanes of at least 4 members (excludes halogenated alkanes) is 12. The summed E-state index contributed by atoms with van der Waals surface area (Å²) in [6.45, 7) is 7.36. The van der Waals surface area contributed by atoms with Gasteiger partial charge in [0.25, 0.3) is 0 Å². The van der Waals surface area contributed by atoms with Crippen molar-refractivity contribution >= 4 is 19.8 Å². The molecular formula is C25H46O7Si. The highest BCUT2D eigenvalue weighted by molar-refractivity contribution is 6.80. The van der Waals surface area contributed by atoms with Gasteiger partial charge in [-0.15, -0.1) is 0 Å². The van der Waals surface area contributed by atoms with E-state index in [9.17, 15) is 30.0 Å². The van der Waals surface area contributed by atoms with Crippen molar-refractivity contribution in [3.05, 3.63) is 11.5 Å². The van der Waals surface area contributed by atoms with Crippen molar-refractivity contribution in [2.24, 2.45) is 0 Å². The van der Waals surface area contributed by atoms with Crippen LogP contribution in [0.1, 0.15) is 96.8 Å². The summed E-state index contributed by atoms with van der Waals surface area (Å²) in [5, 5.41) is 39.4. The number of Topliss-reactive ketones (excluding diaryl/α,β-unsaturated/α-hetero) is 1. The van der Waals surface area contributed by atoms with Gasteiger partial charge in [-0.1, -0.05) is 104 Å². The Bertz CT molecular complexity index is 656. The molecule has 1 heterocycles. The predicted octanol–water partition coefficient (Wildman–Crippen LogP) is 5.26. The van der Waals surface area contributed by atoms with Crippen LogP contribution in [0.2, 0.25) is 19.6 Å². The zero-order chi connectivity index (χ0) is 25.1. The molecule has 0 saturated heterocycles. The molecule has 1 aliphatic heterocycles. The van der Waals surface area contributed by atoms with Crippen LogP contribution in [0, 0.1) is 0 Å². The minimum absolute atomic E-state index is 0.0994. The molecule has 0 aromatic carbocycles. The maximum atomic E-state index is 12.5. The molecule has 1 rings (SSSR count). The normalized spacial score (nSPS) is 20.7. The van der Waals surface area contributed by atoms with Crippen molar-refractivity contribution in [2.75, 3.05) is 0 Å². The molecule has 1 unspecified atom stereocenters. The first-order valence-electron chi connectivity index (χ1n) is 12.8. The van der Waals surface area contributed by atoms with E-state index in [4.69, 9.17) is 4.74 Å². The molecule has 0 saturated carbocycles. The highest BCUT2D eigenvalue weighted by Gasteiger charge is 2.63. The molecule has 0 aliphatic carbocycles. The molecule has 0 radical (unpaired) electrons. The predicted molar refractivity (Wildman–Crippen MR) is 132 cm³/mol. The number of esters is 1. The summed E-state index contributed by atoms with van der Waals surface area (Å²) >= 11 is 0. The summed E-state index contributed by atoms with van der Waals surface area (Å²) in [5.41, 5.74) is 0. The lowest BCUT2D eigenvalue weighted by atomic mass is 9.98. The molecule has 33 heavy (non-hydrogen) atoms. The number of ketones is 1. The van der Waals surface area contributed by atoms with E-state index in [1.54, 1.807) is 19.6 Å². The van der Waals surface area contributed by atoms with E-state index in [-0.39, 0.29) is 6.42 Å². The number of aliphatic hydroxyl groups excluding tert-OH is 4. The summed E-state index contributed by atoms with van der Waals surface area (Å²) in [4.78, 5) is 24.3. The van der Waals surface area contributed by atoms with E-state index in [1.165, 1.54) is 57.8 Å². The van der Waals surface area contributed by atoms with E-state index in [0.717, 1.165) is 19.3 Å². The molecule has 0 bridgehead atoms. The number of carbonyl (C=O) groups excluding carboxylic acids is 2. The van der Waals surface area contributed by atoms with Crippen LogP contribution in [-0.2, 0) is 14.3 Å². The number of hydrogen-bond donors (Lipinski definition) is 4. The second-order valence-corrected chi connectivity index (χ2v) is 15.7. The quantitative estimate of drug-likeness (QED) is 0.118. The summed E-state index contributed by atoms with van der Waals surface area (Å²) in [7, 11) is -2.74. The number of hydrogen-bond acceptors (Lipinski definition) is 7. The van der Waals surface area contributed by atoms with Gasteiger partial charge in [0.2, 0.25) is 5.76 Å². The highest BCUT2D eigenvalue weighted by Crippen LogP contribution is 2.42. The Morgan fingerprint density at radius 1 is 0.848 bits per heavy atom. The van der Waals surface area contributed by atoms with Gasteiger partial charge in [-0.3, -0.25) is 4.79 Å². The van der Waals surface area contributed by atoms with Gasteiger partial charge in [-0.25, -0.2) is 4.79 Å². The Morgan fingerprint density at radius 2 is 1.27 bits per heavy atom. The van der Waals surface area contributed by atoms with Gasteiger partial charge in [0.1, 0.15) is 20.3 Å². The first-order valence-corrected chi connectivity index (χ1v) is 16.3. The average Bonchev–Trinajstić information content (AvgIpc) is 3.00. The van der Waals surface area contributed by atoms with Crippen LogP contribution in [0.25, 0.3) is 0 Å². The Balaban J connectivity index is 2.34. The summed E-state index contributed by atoms with van der Waals surface area (Å²) < 4.78 is 5.18. The fraction of sp³-hybridized carbons (Fsp3) is 0.840. The Labute approximate surface area is 200 Å². The molecule has 3 atom stereocenters. The van der Waals surface area contributed by atoms with E-state index in [2.05, 4.69) is 6.92 Å². The maximum Gasteiger partial charge on any atom is 0.377 e. The Hall–Kier alpha value is -1.38. The van der Waals surface area contributed by atoms with Crippen molar-refractivity contribution in [3.8, 4) is 0 Å². The van der Waals surface area contributed by atoms with Crippen molar-refractivity contribution in [1.82, 2.24) is 0 Å². The van der Waals surface area contributed by atoms with E-state index in [0.29, 0.717) is 6.42 Å². The van der Waals surface area contributed by atoms with Crippen LogP contribution in [0.5, 0.6) is 0 Å². The van der Waals surface area contributed by atoms with E-state index in [1.807, 2.05) is 0 Å². The molecular weight excluding hydrogens is 440 g/mol. The van der Waals surface area contributed by atoms with Crippen LogP contribution in [0.3, 0.4) is 0 Å². The van der Waals surface area contributed by atoms with Gasteiger partial charge in [-0.05, 0) is 6.42 Å².